The van der Waals surface area contributed by atoms with Gasteiger partial charge in [-0.2, -0.15) is 0 Å². The second-order valence-electron chi connectivity index (χ2n) is 8.68. The summed E-state index contributed by atoms with van der Waals surface area (Å²) in [6, 6.07) is 20.8. The van der Waals surface area contributed by atoms with Gasteiger partial charge in [-0.1, -0.05) is 48.5 Å². The van der Waals surface area contributed by atoms with Crippen molar-refractivity contribution in [2.45, 2.75) is 44.4 Å². The molecule has 4 rings (SSSR count). The molecule has 1 aliphatic carbocycles. The Kier molecular flexibility index (Phi) is 7.22. The van der Waals surface area contributed by atoms with Crippen LogP contribution in [0.15, 0.2) is 60.7 Å². The van der Waals surface area contributed by atoms with Gasteiger partial charge in [-0.3, -0.25) is 4.79 Å². The van der Waals surface area contributed by atoms with E-state index in [1.807, 2.05) is 42.5 Å². The zero-order chi connectivity index (χ0) is 22.3. The third kappa shape index (κ3) is 5.77. The Hall–Kier alpha value is -3.12. The van der Waals surface area contributed by atoms with Crippen LogP contribution in [0.25, 0.3) is 10.9 Å². The summed E-state index contributed by atoms with van der Waals surface area (Å²) < 4.78 is 5.55. The number of nitrogens with zero attached hydrogens (tertiary/aromatic N) is 2. The van der Waals surface area contributed by atoms with E-state index in [4.69, 9.17) is 9.72 Å². The molecule has 1 fully saturated rings. The van der Waals surface area contributed by atoms with Crippen molar-refractivity contribution in [3.63, 3.8) is 0 Å². The van der Waals surface area contributed by atoms with Crippen molar-refractivity contribution in [2.75, 3.05) is 30.9 Å². The van der Waals surface area contributed by atoms with Crippen molar-refractivity contribution in [3.05, 3.63) is 66.2 Å². The maximum atomic E-state index is 12.2. The van der Waals surface area contributed by atoms with E-state index in [0.717, 1.165) is 53.7 Å². The molecule has 0 spiro atoms. The van der Waals surface area contributed by atoms with Crippen LogP contribution in [0.1, 0.15) is 31.2 Å². The van der Waals surface area contributed by atoms with Crippen LogP contribution < -0.4 is 15.5 Å². The quantitative estimate of drug-likeness (QED) is 0.554. The number of hydrogen-bond donors (Lipinski definition) is 2. The minimum Gasteiger partial charge on any atom is -0.377 e. The van der Waals surface area contributed by atoms with Crippen LogP contribution in [0.2, 0.25) is 0 Å². The molecule has 1 heterocycles. The number of rotatable bonds is 8. The number of ether oxygens (including phenoxy) is 1. The molecule has 2 aromatic carbocycles. The Balaban J connectivity index is 1.25. The fraction of sp³-hybridized carbons (Fsp3) is 0.385. The summed E-state index contributed by atoms with van der Waals surface area (Å²) in [7, 11) is 4.12. The van der Waals surface area contributed by atoms with Gasteiger partial charge >= 0.3 is 0 Å². The molecule has 6 nitrogen and oxygen atoms in total. The Labute approximate surface area is 190 Å². The number of fused-ring (bicyclic) bond motifs is 1. The average molecular weight is 433 g/mol. The predicted molar refractivity (Wildman–Crippen MR) is 130 cm³/mol. The molecule has 0 bridgehead atoms. The summed E-state index contributed by atoms with van der Waals surface area (Å²) in [5, 5.41) is 7.90. The Bertz CT molecular complexity index is 1030. The highest BCUT2D eigenvalue weighted by atomic mass is 16.5. The Morgan fingerprint density at radius 1 is 1.00 bits per heavy atom. The van der Waals surface area contributed by atoms with E-state index in [2.05, 4.69) is 47.8 Å². The number of anilines is 2. The molecule has 1 saturated carbocycles. The van der Waals surface area contributed by atoms with E-state index in [-0.39, 0.29) is 18.6 Å². The lowest BCUT2D eigenvalue weighted by Crippen LogP contribution is -2.41. The topological polar surface area (TPSA) is 66.5 Å². The van der Waals surface area contributed by atoms with Crippen molar-refractivity contribution in [1.29, 1.82) is 0 Å². The van der Waals surface area contributed by atoms with Gasteiger partial charge < -0.3 is 20.3 Å². The van der Waals surface area contributed by atoms with E-state index in [1.54, 1.807) is 0 Å². The SMILES string of the molecule is CN(C)c1cc(N[C@H]2CC[C@@H](NC(=O)COCc3ccccc3)CC2)nc2ccccc12. The van der Waals surface area contributed by atoms with Gasteiger partial charge in [0.1, 0.15) is 12.4 Å². The third-order valence-corrected chi connectivity index (χ3v) is 5.97. The largest absolute Gasteiger partial charge is 0.377 e. The highest BCUT2D eigenvalue weighted by Crippen LogP contribution is 2.29. The van der Waals surface area contributed by atoms with Gasteiger partial charge in [0.2, 0.25) is 5.91 Å². The third-order valence-electron chi connectivity index (χ3n) is 5.97. The van der Waals surface area contributed by atoms with Gasteiger partial charge in [-0.15, -0.1) is 0 Å². The lowest BCUT2D eigenvalue weighted by Gasteiger charge is -2.30. The minimum atomic E-state index is -0.0378. The van der Waals surface area contributed by atoms with Gasteiger partial charge in [-0.25, -0.2) is 4.98 Å². The van der Waals surface area contributed by atoms with Crippen LogP contribution in [-0.4, -0.2) is 43.7 Å². The first kappa shape index (κ1) is 22.1. The molecule has 168 valence electrons. The van der Waals surface area contributed by atoms with Gasteiger partial charge in [-0.05, 0) is 37.3 Å². The van der Waals surface area contributed by atoms with Gasteiger partial charge in [0.25, 0.3) is 0 Å². The molecule has 3 aromatic rings. The maximum absolute atomic E-state index is 12.2. The van der Waals surface area contributed by atoms with Crippen molar-refractivity contribution >= 4 is 28.3 Å². The summed E-state index contributed by atoms with van der Waals surface area (Å²) in [5.74, 6) is 0.873. The molecule has 2 N–H and O–H groups in total. The first-order chi connectivity index (χ1) is 15.6. The number of para-hydroxylation sites is 1. The standard InChI is InChI=1S/C26H32N4O2/c1-30(2)24-16-25(29-23-11-7-6-10-22(23)24)27-20-12-14-21(15-13-20)28-26(31)18-32-17-19-8-4-3-5-9-19/h3-11,16,20-21H,12-15,17-18H2,1-2H3,(H,27,29)(H,28,31)/t20-,21+. The van der Waals surface area contributed by atoms with Crippen molar-refractivity contribution in [2.24, 2.45) is 0 Å². The van der Waals surface area contributed by atoms with Gasteiger partial charge in [0, 0.05) is 43.3 Å². The Morgan fingerprint density at radius 3 is 2.44 bits per heavy atom. The summed E-state index contributed by atoms with van der Waals surface area (Å²) in [6.07, 6.45) is 3.91. The molecular weight excluding hydrogens is 400 g/mol. The summed E-state index contributed by atoms with van der Waals surface area (Å²) >= 11 is 0. The fourth-order valence-corrected chi connectivity index (χ4v) is 4.30. The second-order valence-corrected chi connectivity index (χ2v) is 8.68. The molecule has 1 amide bonds. The maximum Gasteiger partial charge on any atom is 0.246 e. The van der Waals surface area contributed by atoms with E-state index < -0.39 is 0 Å². The first-order valence-corrected chi connectivity index (χ1v) is 11.3. The summed E-state index contributed by atoms with van der Waals surface area (Å²) in [6.45, 7) is 0.556. The highest BCUT2D eigenvalue weighted by molar-refractivity contribution is 5.93. The fourth-order valence-electron chi connectivity index (χ4n) is 4.30. The van der Waals surface area contributed by atoms with Crippen LogP contribution in [0.4, 0.5) is 11.5 Å². The average Bonchev–Trinajstić information content (AvgIpc) is 2.80. The zero-order valence-electron chi connectivity index (χ0n) is 18.9. The van der Waals surface area contributed by atoms with Crippen LogP contribution in [0, 0.1) is 0 Å². The second kappa shape index (κ2) is 10.5. The van der Waals surface area contributed by atoms with Crippen molar-refractivity contribution in [3.8, 4) is 0 Å². The first-order valence-electron chi connectivity index (χ1n) is 11.3. The number of benzene rings is 2. The molecule has 0 unspecified atom stereocenters. The smallest absolute Gasteiger partial charge is 0.246 e. The number of nitrogens with one attached hydrogen (secondary N) is 2. The number of pyridine rings is 1. The van der Waals surface area contributed by atoms with Crippen LogP contribution in [0.5, 0.6) is 0 Å². The van der Waals surface area contributed by atoms with E-state index in [1.165, 1.54) is 0 Å². The molecule has 0 radical (unpaired) electrons. The highest BCUT2D eigenvalue weighted by Gasteiger charge is 2.23. The minimum absolute atomic E-state index is 0.0378. The number of aromatic nitrogens is 1. The lowest BCUT2D eigenvalue weighted by molar-refractivity contribution is -0.127. The normalized spacial score (nSPS) is 18.3. The molecule has 1 aliphatic rings. The zero-order valence-corrected chi connectivity index (χ0v) is 18.9. The summed E-state index contributed by atoms with van der Waals surface area (Å²) in [4.78, 5) is 19.2. The Morgan fingerprint density at radius 2 is 1.69 bits per heavy atom. The number of carbonyl (C=O) groups excluding carboxylic acids is 1. The molecule has 32 heavy (non-hydrogen) atoms. The molecule has 0 aliphatic heterocycles. The monoisotopic (exact) mass is 432 g/mol. The molecular formula is C26H32N4O2. The van der Waals surface area contributed by atoms with E-state index in [9.17, 15) is 4.79 Å². The van der Waals surface area contributed by atoms with E-state index >= 15 is 0 Å². The molecule has 6 heteroatoms. The number of hydrogen-bond acceptors (Lipinski definition) is 5. The molecule has 0 saturated heterocycles. The van der Waals surface area contributed by atoms with Gasteiger partial charge in [0.05, 0.1) is 12.1 Å². The number of amides is 1. The van der Waals surface area contributed by atoms with Crippen LogP contribution in [0.3, 0.4) is 0 Å². The molecule has 1 aromatic heterocycles. The van der Waals surface area contributed by atoms with Crippen molar-refractivity contribution < 1.29 is 9.53 Å². The van der Waals surface area contributed by atoms with Crippen LogP contribution >= 0.6 is 0 Å². The molecule has 0 atom stereocenters. The van der Waals surface area contributed by atoms with E-state index in [0.29, 0.717) is 12.6 Å². The van der Waals surface area contributed by atoms with Crippen LogP contribution in [-0.2, 0) is 16.1 Å². The lowest BCUT2D eigenvalue weighted by atomic mass is 9.91. The number of carbonyl (C=O) groups is 1. The van der Waals surface area contributed by atoms with Gasteiger partial charge in [0.15, 0.2) is 0 Å². The van der Waals surface area contributed by atoms with Crippen molar-refractivity contribution in [1.82, 2.24) is 10.3 Å². The summed E-state index contributed by atoms with van der Waals surface area (Å²) in [5.41, 5.74) is 3.24. The predicted octanol–water partition coefficient (Wildman–Crippen LogP) is 4.36.